The molecule has 11 heteroatoms. The smallest absolute Gasteiger partial charge is 0.280 e. The highest BCUT2D eigenvalue weighted by Crippen LogP contribution is 2.31. The van der Waals surface area contributed by atoms with E-state index in [1.165, 1.54) is 47.9 Å². The zero-order valence-electron chi connectivity index (χ0n) is 13.6. The predicted octanol–water partition coefficient (Wildman–Crippen LogP) is 2.37. The third-order valence-corrected chi connectivity index (χ3v) is 3.21. The number of alkyl halides is 3. The van der Waals surface area contributed by atoms with Gasteiger partial charge in [-0.05, 0) is 12.1 Å². The zero-order chi connectivity index (χ0) is 19.3. The van der Waals surface area contributed by atoms with Crippen LogP contribution in [0.1, 0.15) is 5.56 Å². The number of hydrazine groups is 1. The van der Waals surface area contributed by atoms with Crippen LogP contribution in [-0.4, -0.2) is 30.6 Å². The largest absolute Gasteiger partial charge is 0.416 e. The van der Waals surface area contributed by atoms with E-state index < -0.39 is 17.6 Å². The second kappa shape index (κ2) is 7.64. The number of amides is 1. The van der Waals surface area contributed by atoms with Gasteiger partial charge in [0, 0.05) is 30.2 Å². The molecular weight excluding hydrogens is 363 g/mol. The van der Waals surface area contributed by atoms with E-state index >= 15 is 0 Å². The molecule has 2 N–H and O–H groups in total. The lowest BCUT2D eigenvalue weighted by molar-refractivity contribution is -0.137. The van der Waals surface area contributed by atoms with E-state index in [-0.39, 0.29) is 11.4 Å². The molecule has 0 fully saturated rings. The summed E-state index contributed by atoms with van der Waals surface area (Å²) >= 11 is 0. The molecule has 0 aliphatic heterocycles. The first-order valence-corrected chi connectivity index (χ1v) is 7.51. The molecule has 0 saturated carbocycles. The van der Waals surface area contributed by atoms with Gasteiger partial charge < -0.3 is 0 Å². The second-order valence-corrected chi connectivity index (χ2v) is 5.15. The fraction of sp³-hybridized carbons (Fsp3) is 0.0625. The zero-order valence-corrected chi connectivity index (χ0v) is 13.6. The minimum Gasteiger partial charge on any atom is -0.280 e. The van der Waals surface area contributed by atoms with Crippen molar-refractivity contribution in [2.75, 3.05) is 5.43 Å². The van der Waals surface area contributed by atoms with Gasteiger partial charge in [-0.25, -0.2) is 14.6 Å². The molecule has 8 nitrogen and oxygen atoms in total. The Balaban J connectivity index is 1.64. The van der Waals surface area contributed by atoms with Crippen LogP contribution in [0.5, 0.6) is 0 Å². The number of nitrogens with one attached hydrogen (secondary N) is 2. The number of halogens is 3. The lowest BCUT2D eigenvalue weighted by Gasteiger charge is -2.06. The molecule has 0 radical (unpaired) electrons. The number of aromatic nitrogens is 5. The predicted molar refractivity (Wildman–Crippen MR) is 89.6 cm³/mol. The molecule has 2 heterocycles. The Hall–Kier alpha value is -3.76. The maximum atomic E-state index is 12.8. The van der Waals surface area contributed by atoms with Crippen LogP contribution in [0, 0.1) is 0 Å². The fourth-order valence-electron chi connectivity index (χ4n) is 1.99. The normalized spacial score (nSPS) is 11.5. The van der Waals surface area contributed by atoms with Crippen LogP contribution in [0.25, 0.3) is 17.6 Å². The van der Waals surface area contributed by atoms with E-state index in [4.69, 9.17) is 0 Å². The SMILES string of the molecule is O=C(/C=C\n1cnc(-c2cccc(C(F)(F)F)c2)n1)NNc1cnccn1. The third-order valence-electron chi connectivity index (χ3n) is 3.21. The highest BCUT2D eigenvalue weighted by Gasteiger charge is 2.30. The van der Waals surface area contributed by atoms with E-state index in [2.05, 4.69) is 30.9 Å². The van der Waals surface area contributed by atoms with Crippen LogP contribution in [-0.2, 0) is 11.0 Å². The first-order chi connectivity index (χ1) is 12.9. The van der Waals surface area contributed by atoms with Gasteiger partial charge in [-0.2, -0.15) is 13.2 Å². The molecule has 0 unspecified atom stereocenters. The summed E-state index contributed by atoms with van der Waals surface area (Å²) in [4.78, 5) is 23.4. The molecule has 138 valence electrons. The maximum Gasteiger partial charge on any atom is 0.416 e. The molecule has 0 saturated heterocycles. The van der Waals surface area contributed by atoms with Crippen LogP contribution in [0.15, 0.2) is 55.3 Å². The van der Waals surface area contributed by atoms with Crippen molar-refractivity contribution in [3.63, 3.8) is 0 Å². The molecule has 0 bridgehead atoms. The van der Waals surface area contributed by atoms with Gasteiger partial charge in [0.1, 0.15) is 6.33 Å². The van der Waals surface area contributed by atoms with Gasteiger partial charge in [-0.3, -0.25) is 20.6 Å². The Morgan fingerprint density at radius 3 is 2.78 bits per heavy atom. The molecule has 2 aromatic heterocycles. The van der Waals surface area contributed by atoms with E-state index in [9.17, 15) is 18.0 Å². The molecular formula is C16H12F3N7O. The molecule has 0 aliphatic rings. The van der Waals surface area contributed by atoms with Crippen molar-refractivity contribution < 1.29 is 18.0 Å². The van der Waals surface area contributed by atoms with Gasteiger partial charge in [0.15, 0.2) is 11.6 Å². The third kappa shape index (κ3) is 4.87. The minimum absolute atomic E-state index is 0.101. The molecule has 1 amide bonds. The summed E-state index contributed by atoms with van der Waals surface area (Å²) in [6.45, 7) is 0. The highest BCUT2D eigenvalue weighted by molar-refractivity contribution is 5.90. The first-order valence-electron chi connectivity index (χ1n) is 7.51. The van der Waals surface area contributed by atoms with E-state index in [0.29, 0.717) is 5.82 Å². The summed E-state index contributed by atoms with van der Waals surface area (Å²) in [6, 6.07) is 4.67. The summed E-state index contributed by atoms with van der Waals surface area (Å²) < 4.78 is 39.5. The number of rotatable bonds is 5. The van der Waals surface area contributed by atoms with Crippen LogP contribution >= 0.6 is 0 Å². The summed E-state index contributed by atoms with van der Waals surface area (Å²) in [5.74, 6) is -0.0487. The van der Waals surface area contributed by atoms with Gasteiger partial charge in [0.2, 0.25) is 0 Å². The molecule has 0 aliphatic carbocycles. The van der Waals surface area contributed by atoms with Gasteiger partial charge in [-0.1, -0.05) is 12.1 Å². The summed E-state index contributed by atoms with van der Waals surface area (Å²) in [5.41, 5.74) is 4.35. The van der Waals surface area contributed by atoms with Gasteiger partial charge in [0.05, 0.1) is 11.8 Å². The fourth-order valence-corrected chi connectivity index (χ4v) is 1.99. The van der Waals surface area contributed by atoms with E-state index in [0.717, 1.165) is 18.2 Å². The van der Waals surface area contributed by atoms with Crippen molar-refractivity contribution in [2.24, 2.45) is 0 Å². The number of nitrogens with zero attached hydrogens (tertiary/aromatic N) is 5. The van der Waals surface area contributed by atoms with Gasteiger partial charge in [-0.15, -0.1) is 5.10 Å². The van der Waals surface area contributed by atoms with E-state index in [1.54, 1.807) is 0 Å². The first kappa shape index (κ1) is 18.0. The maximum absolute atomic E-state index is 12.8. The molecule has 27 heavy (non-hydrogen) atoms. The van der Waals surface area contributed by atoms with Crippen molar-refractivity contribution in [1.29, 1.82) is 0 Å². The average Bonchev–Trinajstić information content (AvgIpc) is 3.14. The van der Waals surface area contributed by atoms with Gasteiger partial charge in [0.25, 0.3) is 5.91 Å². The number of carbonyl (C=O) groups excluding carboxylic acids is 1. The summed E-state index contributed by atoms with van der Waals surface area (Å²) in [7, 11) is 0. The number of carbonyl (C=O) groups is 1. The van der Waals surface area contributed by atoms with Crippen LogP contribution in [0.3, 0.4) is 0 Å². The Kier molecular flexibility index (Phi) is 5.11. The lowest BCUT2D eigenvalue weighted by Crippen LogP contribution is -2.28. The highest BCUT2D eigenvalue weighted by atomic mass is 19.4. The Morgan fingerprint density at radius 2 is 2.04 bits per heavy atom. The van der Waals surface area contributed by atoms with Crippen LogP contribution in [0.2, 0.25) is 0 Å². The molecule has 0 spiro atoms. The number of hydrogen-bond donors (Lipinski definition) is 2. The topological polar surface area (TPSA) is 97.6 Å². The molecule has 3 aromatic rings. The monoisotopic (exact) mass is 375 g/mol. The number of hydrogen-bond acceptors (Lipinski definition) is 6. The number of anilines is 1. The van der Waals surface area contributed by atoms with Crippen LogP contribution < -0.4 is 10.9 Å². The Bertz CT molecular complexity index is 954. The summed E-state index contributed by atoms with van der Waals surface area (Å²) in [5, 5.41) is 4.02. The molecule has 1 aromatic carbocycles. The van der Waals surface area contributed by atoms with Gasteiger partial charge >= 0.3 is 6.18 Å². The lowest BCUT2D eigenvalue weighted by atomic mass is 10.1. The Morgan fingerprint density at radius 1 is 1.19 bits per heavy atom. The minimum atomic E-state index is -4.45. The van der Waals surface area contributed by atoms with Crippen molar-refractivity contribution in [3.05, 3.63) is 60.8 Å². The van der Waals surface area contributed by atoms with Crippen molar-refractivity contribution in [3.8, 4) is 11.4 Å². The standard InChI is InChI=1S/C16H12F3N7O/c17-16(18,19)12-3-1-2-11(8-12)15-22-10-26(25-15)7-4-14(27)24-23-13-9-20-5-6-21-13/h1-10H,(H,21,23)(H,24,27)/b7-4-. The quantitative estimate of drug-likeness (QED) is 0.525. The van der Waals surface area contributed by atoms with Crippen molar-refractivity contribution >= 4 is 17.9 Å². The second-order valence-electron chi connectivity index (χ2n) is 5.15. The van der Waals surface area contributed by atoms with E-state index in [1.807, 2.05) is 0 Å². The number of benzene rings is 1. The molecule has 3 rings (SSSR count). The Labute approximate surface area is 150 Å². The summed E-state index contributed by atoms with van der Waals surface area (Å²) in [6.07, 6.45) is 3.64. The van der Waals surface area contributed by atoms with Crippen molar-refractivity contribution in [1.82, 2.24) is 30.2 Å². The van der Waals surface area contributed by atoms with Crippen LogP contribution in [0.4, 0.5) is 19.0 Å². The average molecular weight is 375 g/mol. The van der Waals surface area contributed by atoms with Crippen molar-refractivity contribution in [2.45, 2.75) is 6.18 Å². The molecule has 0 atom stereocenters.